The maximum atomic E-state index is 6.40. The lowest BCUT2D eigenvalue weighted by atomic mass is 9.82. The van der Waals surface area contributed by atoms with Crippen LogP contribution in [0.2, 0.25) is 0 Å². The van der Waals surface area contributed by atoms with Gasteiger partial charge in [0.05, 0.1) is 0 Å². The molecule has 0 unspecified atom stereocenters. The lowest BCUT2D eigenvalue weighted by Crippen LogP contribution is -2.15. The molecular weight excluding hydrogens is 1580 g/mol. The van der Waals surface area contributed by atoms with Gasteiger partial charge in [-0.25, -0.2) is 44.9 Å². The number of fused-ring (bicyclic) bond motifs is 21. The second-order valence-corrected chi connectivity index (χ2v) is 36.1. The van der Waals surface area contributed by atoms with Gasteiger partial charge in [-0.3, -0.25) is 4.98 Å². The molecule has 22 aromatic rings. The van der Waals surface area contributed by atoms with E-state index in [1.807, 2.05) is 164 Å². The van der Waals surface area contributed by atoms with Gasteiger partial charge in [0.1, 0.15) is 39.2 Å². The van der Waals surface area contributed by atoms with E-state index in [4.69, 9.17) is 58.1 Å². The first-order valence-electron chi connectivity index (χ1n) is 43.9. The Labute approximate surface area is 744 Å². The van der Waals surface area contributed by atoms with E-state index in [-0.39, 0.29) is 21.7 Å². The molecule has 0 bridgehead atoms. The van der Waals surface area contributed by atoms with Crippen LogP contribution in [0.1, 0.15) is 99.9 Å². The summed E-state index contributed by atoms with van der Waals surface area (Å²) in [7, 11) is 0. The van der Waals surface area contributed by atoms with Gasteiger partial charge in [0.2, 0.25) is 0 Å². The molecule has 4 aliphatic carbocycles. The third-order valence-electron chi connectivity index (χ3n) is 27.1. The predicted octanol–water partition coefficient (Wildman–Crippen LogP) is 28.9. The summed E-state index contributed by atoms with van der Waals surface area (Å²) in [5, 5.41) is 6.85. The van der Waals surface area contributed by atoms with Gasteiger partial charge in [-0.15, -0.1) is 0 Å². The minimum Gasteiger partial charge on any atom is -0.456 e. The fraction of sp³-hybridized carbons (Fsp3) is 0.103. The van der Waals surface area contributed by atoms with Crippen molar-refractivity contribution in [3.63, 3.8) is 0 Å². The zero-order valence-electron chi connectivity index (χ0n) is 72.2. The average molecular weight is 1660 g/mol. The van der Waals surface area contributed by atoms with Crippen molar-refractivity contribution in [1.82, 2.24) is 49.8 Å². The summed E-state index contributed by atoms with van der Waals surface area (Å²) in [6.07, 6.45) is 1.76. The highest BCUT2D eigenvalue weighted by Crippen LogP contribution is 2.58. The molecule has 4 aliphatic rings. The maximum absolute atomic E-state index is 6.40. The van der Waals surface area contributed by atoms with Crippen LogP contribution in [0, 0.1) is 0 Å². The number of aromatic nitrogens is 10. The molecule has 0 radical (unpaired) electrons. The van der Waals surface area contributed by atoms with Crippen LogP contribution in [0.25, 0.3) is 213 Å². The predicted molar refractivity (Wildman–Crippen MR) is 518 cm³/mol. The van der Waals surface area contributed by atoms with E-state index in [1.165, 1.54) is 66.8 Å². The topological polar surface area (TPSA) is 168 Å². The summed E-state index contributed by atoms with van der Waals surface area (Å²) in [6, 6.07) is 120. The molecule has 26 rings (SSSR count). The van der Waals surface area contributed by atoms with Crippen molar-refractivity contribution >= 4 is 65.8 Å². The third-order valence-corrected chi connectivity index (χ3v) is 27.1. The van der Waals surface area contributed by atoms with Crippen LogP contribution in [-0.2, 0) is 21.7 Å². The van der Waals surface area contributed by atoms with Gasteiger partial charge < -0.3 is 13.3 Å². The standard InChI is InChI=1S/C45H33N3O.C36H25N3O.C35H24N4O/c1-44(2)34-18-10-8-15-28(34)29-22-21-27(23-36(29)44)42-46-41(26-13-6-5-7-14-26)47-43(48-42)31-17-12-19-35-40(31)33-25-39-32(24-37(33)45(35,3)4)30-16-9-11-20-38(30)49-39;1-36(2)28-18-11-17-25(32(28)27-21-31-26(20-29(27)36)24-16-9-10-19-30(24)40-31)35-38-33(22-12-5-3-6-13-22)37-34(39-35)23-14-7-4-8-15-23;1-35(2)26-15-10-14-23(31(26)25-20-30-24(19-27(25)35)22-13-6-7-17-29(22)40-30)33-37-32(21-11-4-3-5-12-21)38-34(39-33)28-16-8-9-18-36-28/h5-25H,1-4H3;3-21H,1-2H3;3-20H,1-2H3. The summed E-state index contributed by atoms with van der Waals surface area (Å²) in [5.41, 5.74) is 32.9. The van der Waals surface area contributed by atoms with Crippen LogP contribution in [0.3, 0.4) is 0 Å². The van der Waals surface area contributed by atoms with Gasteiger partial charge in [0.15, 0.2) is 52.4 Å². The first-order valence-corrected chi connectivity index (χ1v) is 43.9. The number of hydrogen-bond acceptors (Lipinski definition) is 13. The number of para-hydroxylation sites is 3. The molecule has 13 nitrogen and oxygen atoms in total. The first-order chi connectivity index (χ1) is 62.9. The average Bonchev–Trinajstić information content (AvgIpc) is 1.56. The van der Waals surface area contributed by atoms with E-state index in [2.05, 4.69) is 242 Å². The molecule has 614 valence electrons. The molecule has 15 aromatic carbocycles. The number of furan rings is 3. The quantitative estimate of drug-likeness (QED) is 0.134. The van der Waals surface area contributed by atoms with Crippen LogP contribution in [0.5, 0.6) is 0 Å². The Hall–Kier alpha value is -16.1. The molecule has 129 heavy (non-hydrogen) atoms. The molecular formula is C116H82N10O3. The van der Waals surface area contributed by atoms with E-state index >= 15 is 0 Å². The van der Waals surface area contributed by atoms with Crippen molar-refractivity contribution in [2.45, 2.75) is 77.0 Å². The Morgan fingerprint density at radius 1 is 0.178 bits per heavy atom. The molecule has 0 saturated heterocycles. The maximum Gasteiger partial charge on any atom is 0.182 e. The second-order valence-electron chi connectivity index (χ2n) is 36.1. The Balaban J connectivity index is 0.000000108. The van der Waals surface area contributed by atoms with Crippen molar-refractivity contribution in [2.75, 3.05) is 0 Å². The zero-order chi connectivity index (χ0) is 86.8. The molecule has 13 heteroatoms. The van der Waals surface area contributed by atoms with Crippen molar-refractivity contribution in [3.8, 4) is 147 Å². The molecule has 0 spiro atoms. The number of nitrogens with zero attached hydrogens (tertiary/aromatic N) is 10. The van der Waals surface area contributed by atoms with Crippen LogP contribution in [0.15, 0.2) is 365 Å². The summed E-state index contributed by atoms with van der Waals surface area (Å²) < 4.78 is 19.0. The Morgan fingerprint density at radius 2 is 0.465 bits per heavy atom. The zero-order valence-corrected chi connectivity index (χ0v) is 72.2. The largest absolute Gasteiger partial charge is 0.456 e. The smallest absolute Gasteiger partial charge is 0.182 e. The SMILES string of the molecule is CC1(C)c2cc3c(cc2-c2c(-c4nc(-c5ccccc5)nc(-c5ccccc5)n4)cccc21)oc1ccccc13.CC1(C)c2cc3c(cc2-c2c(-c4nc(-c5ccccc5)nc(-c5ccccn5)n4)cccc21)oc1ccccc13.CC1(C)c2ccccc2-c2ccc(-c3nc(-c4ccccc4)nc(-c4cccc5c4-c4cc6oc7ccccc7c6cc4C5(C)C)n3)cc21. The Kier molecular flexibility index (Phi) is 17.3. The van der Waals surface area contributed by atoms with E-state index in [0.29, 0.717) is 58.1 Å². The van der Waals surface area contributed by atoms with Gasteiger partial charge in [-0.2, -0.15) is 0 Å². The van der Waals surface area contributed by atoms with E-state index in [0.717, 1.165) is 133 Å². The minimum atomic E-state index is -0.216. The molecule has 0 amide bonds. The fourth-order valence-corrected chi connectivity index (χ4v) is 20.5. The first kappa shape index (κ1) is 76.5. The normalized spacial score (nSPS) is 14.0. The molecule has 0 fully saturated rings. The number of benzene rings is 15. The Morgan fingerprint density at radius 3 is 0.845 bits per heavy atom. The molecule has 0 N–H and O–H groups in total. The highest BCUT2D eigenvalue weighted by Gasteiger charge is 2.43. The van der Waals surface area contributed by atoms with Crippen molar-refractivity contribution < 1.29 is 13.3 Å². The minimum absolute atomic E-state index is 0.127. The van der Waals surface area contributed by atoms with E-state index < -0.39 is 0 Å². The Bertz CT molecular complexity index is 7940. The van der Waals surface area contributed by atoms with E-state index in [1.54, 1.807) is 6.20 Å². The molecule has 7 aromatic heterocycles. The van der Waals surface area contributed by atoms with Crippen LogP contribution < -0.4 is 0 Å². The molecule has 0 saturated carbocycles. The molecule has 0 aliphatic heterocycles. The number of hydrogen-bond donors (Lipinski definition) is 0. The van der Waals surface area contributed by atoms with Crippen LogP contribution >= 0.6 is 0 Å². The van der Waals surface area contributed by atoms with Gasteiger partial charge >= 0.3 is 0 Å². The van der Waals surface area contributed by atoms with Gasteiger partial charge in [0.25, 0.3) is 0 Å². The highest BCUT2D eigenvalue weighted by atomic mass is 16.3. The van der Waals surface area contributed by atoms with Gasteiger partial charge in [-0.05, 0) is 162 Å². The summed E-state index contributed by atoms with van der Waals surface area (Å²) >= 11 is 0. The highest BCUT2D eigenvalue weighted by molar-refractivity contribution is 6.11. The van der Waals surface area contributed by atoms with Crippen LogP contribution in [0.4, 0.5) is 0 Å². The lowest BCUT2D eigenvalue weighted by Gasteiger charge is -2.22. The van der Waals surface area contributed by atoms with Crippen molar-refractivity contribution in [2.24, 2.45) is 0 Å². The second kappa shape index (κ2) is 29.2. The summed E-state index contributed by atoms with van der Waals surface area (Å²) in [4.78, 5) is 49.9. The summed E-state index contributed by atoms with van der Waals surface area (Å²) in [6.45, 7) is 18.4. The fourth-order valence-electron chi connectivity index (χ4n) is 20.5. The lowest BCUT2D eigenvalue weighted by molar-refractivity contribution is 0.657. The van der Waals surface area contributed by atoms with Gasteiger partial charge in [-0.1, -0.05) is 328 Å². The van der Waals surface area contributed by atoms with Crippen molar-refractivity contribution in [1.29, 1.82) is 0 Å². The molecule has 7 heterocycles. The third kappa shape index (κ3) is 12.3. The van der Waals surface area contributed by atoms with Crippen molar-refractivity contribution in [3.05, 3.63) is 396 Å². The van der Waals surface area contributed by atoms with Gasteiger partial charge in [0, 0.05) is 105 Å². The summed E-state index contributed by atoms with van der Waals surface area (Å²) in [5.74, 6) is 5.77. The van der Waals surface area contributed by atoms with Crippen LogP contribution in [-0.4, -0.2) is 49.8 Å². The number of rotatable bonds is 9. The molecule has 0 atom stereocenters. The monoisotopic (exact) mass is 1660 g/mol. The number of pyridine rings is 1. The van der Waals surface area contributed by atoms with E-state index in [9.17, 15) is 0 Å².